The Hall–Kier alpha value is -1.01. The number of H-pyrrole nitrogens is 1. The fourth-order valence-electron chi connectivity index (χ4n) is 1.74. The van der Waals surface area contributed by atoms with Gasteiger partial charge in [-0.15, -0.1) is 0 Å². The van der Waals surface area contributed by atoms with Gasteiger partial charge < -0.3 is 4.98 Å². The van der Waals surface area contributed by atoms with Crippen LogP contribution in [0.3, 0.4) is 0 Å². The Labute approximate surface area is 120 Å². The van der Waals surface area contributed by atoms with E-state index >= 15 is 0 Å². The topological polar surface area (TPSA) is 58.6 Å². The van der Waals surface area contributed by atoms with Gasteiger partial charge in [0.25, 0.3) is 5.56 Å². The van der Waals surface area contributed by atoms with Gasteiger partial charge in [0.2, 0.25) is 0 Å². The molecule has 0 aromatic carbocycles. The van der Waals surface area contributed by atoms with Crippen LogP contribution in [0.4, 0.5) is 0 Å². The number of aromatic nitrogens is 3. The summed E-state index contributed by atoms with van der Waals surface area (Å²) in [6, 6.07) is 3.70. The third-order valence-corrected chi connectivity index (χ3v) is 4.06. The van der Waals surface area contributed by atoms with Crippen molar-refractivity contribution in [3.63, 3.8) is 0 Å². The van der Waals surface area contributed by atoms with Crippen molar-refractivity contribution in [1.29, 1.82) is 0 Å². The molecule has 3 rings (SSSR count). The van der Waals surface area contributed by atoms with Crippen molar-refractivity contribution in [1.82, 2.24) is 15.0 Å². The molecular formula is C12H9Br2N3O. The van der Waals surface area contributed by atoms with Gasteiger partial charge in [0.05, 0.1) is 5.69 Å². The van der Waals surface area contributed by atoms with Crippen LogP contribution in [0.5, 0.6) is 0 Å². The number of nitrogens with one attached hydrogen (secondary N) is 1. The van der Waals surface area contributed by atoms with E-state index in [9.17, 15) is 4.79 Å². The third kappa shape index (κ3) is 2.27. The fraction of sp³-hybridized carbons (Fsp3) is 0.250. The lowest BCUT2D eigenvalue weighted by molar-refractivity contribution is 0.954. The lowest BCUT2D eigenvalue weighted by Crippen LogP contribution is -2.13. The van der Waals surface area contributed by atoms with Crippen LogP contribution in [0, 0.1) is 0 Å². The van der Waals surface area contributed by atoms with Crippen molar-refractivity contribution < 1.29 is 0 Å². The van der Waals surface area contributed by atoms with E-state index in [1.165, 1.54) is 0 Å². The highest BCUT2D eigenvalue weighted by molar-refractivity contribution is 9.10. The molecule has 2 heterocycles. The maximum atomic E-state index is 11.9. The monoisotopic (exact) mass is 369 g/mol. The van der Waals surface area contributed by atoms with Gasteiger partial charge in [0.1, 0.15) is 10.2 Å². The summed E-state index contributed by atoms with van der Waals surface area (Å²) in [5, 5.41) is 0. The first-order chi connectivity index (χ1) is 8.65. The maximum absolute atomic E-state index is 11.9. The second-order valence-electron chi connectivity index (χ2n) is 4.25. The minimum atomic E-state index is -0.147. The smallest absolute Gasteiger partial charge is 0.265 e. The molecule has 18 heavy (non-hydrogen) atoms. The van der Waals surface area contributed by atoms with Crippen molar-refractivity contribution >= 4 is 31.9 Å². The largest absolute Gasteiger partial charge is 0.304 e. The standard InChI is InChI=1S/C12H9Br2N3O/c13-7-3-4-8(15-5-7)11-16-10(6-1-2-6)9(14)12(18)17-11/h3-6H,1-2H2,(H,16,17,18). The zero-order valence-corrected chi connectivity index (χ0v) is 12.5. The average Bonchev–Trinajstić information content (AvgIpc) is 3.18. The Kier molecular flexibility index (Phi) is 3.07. The fourth-order valence-corrected chi connectivity index (χ4v) is 2.49. The highest BCUT2D eigenvalue weighted by atomic mass is 79.9. The van der Waals surface area contributed by atoms with Crippen LogP contribution < -0.4 is 5.56 Å². The van der Waals surface area contributed by atoms with Crippen molar-refractivity contribution in [2.75, 3.05) is 0 Å². The van der Waals surface area contributed by atoms with E-state index in [0.29, 0.717) is 21.9 Å². The number of nitrogens with zero attached hydrogens (tertiary/aromatic N) is 2. The molecular weight excluding hydrogens is 362 g/mol. The molecule has 6 heteroatoms. The minimum Gasteiger partial charge on any atom is -0.304 e. The first-order valence-corrected chi connectivity index (χ1v) is 7.15. The molecule has 0 bridgehead atoms. The van der Waals surface area contributed by atoms with Crippen LogP contribution in [0.15, 0.2) is 32.1 Å². The van der Waals surface area contributed by atoms with Crippen LogP contribution in [-0.2, 0) is 0 Å². The number of pyridine rings is 1. The van der Waals surface area contributed by atoms with E-state index in [2.05, 4.69) is 46.8 Å². The Bertz CT molecular complexity index is 647. The van der Waals surface area contributed by atoms with Gasteiger partial charge in [-0.3, -0.25) is 9.78 Å². The summed E-state index contributed by atoms with van der Waals surface area (Å²) in [5.41, 5.74) is 1.37. The molecule has 1 saturated carbocycles. The molecule has 4 nitrogen and oxygen atoms in total. The molecule has 0 amide bonds. The molecule has 2 aromatic heterocycles. The molecule has 2 aromatic rings. The van der Waals surface area contributed by atoms with E-state index in [1.54, 1.807) is 6.20 Å². The summed E-state index contributed by atoms with van der Waals surface area (Å²) in [5.74, 6) is 0.938. The molecule has 0 atom stereocenters. The van der Waals surface area contributed by atoms with Crippen molar-refractivity contribution in [3.8, 4) is 11.5 Å². The molecule has 0 aliphatic heterocycles. The summed E-state index contributed by atoms with van der Waals surface area (Å²) >= 11 is 6.63. The van der Waals surface area contributed by atoms with Crippen LogP contribution in [0.2, 0.25) is 0 Å². The SMILES string of the molecule is O=c1[nH]c(-c2ccc(Br)cn2)nc(C2CC2)c1Br. The third-order valence-electron chi connectivity index (χ3n) is 2.82. The number of aromatic amines is 1. The van der Waals surface area contributed by atoms with E-state index in [4.69, 9.17) is 0 Å². The summed E-state index contributed by atoms with van der Waals surface area (Å²) < 4.78 is 1.44. The number of hydrogen-bond acceptors (Lipinski definition) is 3. The maximum Gasteiger partial charge on any atom is 0.265 e. The average molecular weight is 371 g/mol. The summed E-state index contributed by atoms with van der Waals surface area (Å²) in [4.78, 5) is 23.4. The molecule has 1 aliphatic rings. The van der Waals surface area contributed by atoms with Gasteiger partial charge in [-0.05, 0) is 56.8 Å². The van der Waals surface area contributed by atoms with Crippen LogP contribution in [-0.4, -0.2) is 15.0 Å². The second kappa shape index (κ2) is 4.59. The van der Waals surface area contributed by atoms with Crippen LogP contribution in [0.25, 0.3) is 11.5 Å². The number of halogens is 2. The lowest BCUT2D eigenvalue weighted by Gasteiger charge is -2.05. The highest BCUT2D eigenvalue weighted by Crippen LogP contribution is 2.41. The Morgan fingerprint density at radius 1 is 1.28 bits per heavy atom. The van der Waals surface area contributed by atoms with Crippen molar-refractivity contribution in [2.24, 2.45) is 0 Å². The molecule has 1 aliphatic carbocycles. The summed E-state index contributed by atoms with van der Waals surface area (Å²) in [6.07, 6.45) is 3.89. The quantitative estimate of drug-likeness (QED) is 0.882. The number of hydrogen-bond donors (Lipinski definition) is 1. The van der Waals surface area contributed by atoms with E-state index in [0.717, 1.165) is 23.0 Å². The second-order valence-corrected chi connectivity index (χ2v) is 5.96. The molecule has 1 N–H and O–H groups in total. The van der Waals surface area contributed by atoms with Crippen LogP contribution >= 0.6 is 31.9 Å². The number of rotatable bonds is 2. The Balaban J connectivity index is 2.12. The predicted molar refractivity (Wildman–Crippen MR) is 75.5 cm³/mol. The minimum absolute atomic E-state index is 0.147. The molecule has 0 radical (unpaired) electrons. The molecule has 1 fully saturated rings. The van der Waals surface area contributed by atoms with E-state index in [-0.39, 0.29) is 5.56 Å². The Morgan fingerprint density at radius 2 is 2.06 bits per heavy atom. The van der Waals surface area contributed by atoms with Gasteiger partial charge in [0, 0.05) is 16.6 Å². The van der Waals surface area contributed by atoms with E-state index < -0.39 is 0 Å². The first-order valence-electron chi connectivity index (χ1n) is 5.57. The molecule has 0 saturated heterocycles. The zero-order valence-electron chi connectivity index (χ0n) is 9.28. The Morgan fingerprint density at radius 3 is 2.67 bits per heavy atom. The van der Waals surface area contributed by atoms with Crippen molar-refractivity contribution in [2.45, 2.75) is 18.8 Å². The molecule has 0 spiro atoms. The highest BCUT2D eigenvalue weighted by Gasteiger charge is 2.29. The molecule has 92 valence electrons. The normalized spacial score (nSPS) is 14.8. The summed E-state index contributed by atoms with van der Waals surface area (Å²) in [6.45, 7) is 0. The van der Waals surface area contributed by atoms with Gasteiger partial charge in [-0.2, -0.15) is 0 Å². The van der Waals surface area contributed by atoms with Gasteiger partial charge in [0.15, 0.2) is 5.82 Å². The van der Waals surface area contributed by atoms with Crippen LogP contribution in [0.1, 0.15) is 24.5 Å². The van der Waals surface area contributed by atoms with Gasteiger partial charge >= 0.3 is 0 Å². The first kappa shape index (κ1) is 12.0. The zero-order chi connectivity index (χ0) is 12.7. The van der Waals surface area contributed by atoms with E-state index in [1.807, 2.05) is 12.1 Å². The lowest BCUT2D eigenvalue weighted by atomic mass is 10.2. The van der Waals surface area contributed by atoms with Gasteiger partial charge in [-0.1, -0.05) is 0 Å². The predicted octanol–water partition coefficient (Wildman–Crippen LogP) is 3.23. The summed E-state index contributed by atoms with van der Waals surface area (Å²) in [7, 11) is 0. The molecule has 0 unspecified atom stereocenters. The van der Waals surface area contributed by atoms with Gasteiger partial charge in [-0.25, -0.2) is 4.98 Å². The van der Waals surface area contributed by atoms with Crippen molar-refractivity contribution in [3.05, 3.63) is 43.3 Å².